The van der Waals surface area contributed by atoms with E-state index < -0.39 is 23.7 Å². The number of amides is 1. The number of halogens is 3. The average Bonchev–Trinajstić information content (AvgIpc) is 3.29. The second-order valence-corrected chi connectivity index (χ2v) is 7.61. The van der Waals surface area contributed by atoms with E-state index in [1.54, 1.807) is 0 Å². The molecule has 0 spiro atoms. The summed E-state index contributed by atoms with van der Waals surface area (Å²) in [4.78, 5) is 17.3. The van der Waals surface area contributed by atoms with E-state index in [0.29, 0.717) is 12.2 Å². The number of nitrogens with zero attached hydrogens (tertiary/aromatic N) is 2. The molecule has 3 aromatic carbocycles. The summed E-state index contributed by atoms with van der Waals surface area (Å²) in [7, 11) is 0. The van der Waals surface area contributed by atoms with Gasteiger partial charge in [0.05, 0.1) is 5.56 Å². The van der Waals surface area contributed by atoms with Crippen LogP contribution < -0.4 is 5.32 Å². The fourth-order valence-electron chi connectivity index (χ4n) is 3.30. The molecule has 0 saturated carbocycles. The molecule has 0 bridgehead atoms. The van der Waals surface area contributed by atoms with Crippen molar-refractivity contribution in [3.63, 3.8) is 0 Å². The van der Waals surface area contributed by atoms with Gasteiger partial charge in [0.2, 0.25) is 11.7 Å². The van der Waals surface area contributed by atoms with E-state index >= 15 is 0 Å². The summed E-state index contributed by atoms with van der Waals surface area (Å²) in [5, 5.41) is 6.85. The first-order valence-electron chi connectivity index (χ1n) is 10.2. The minimum absolute atomic E-state index is 0.0966. The summed E-state index contributed by atoms with van der Waals surface area (Å²) >= 11 is 0. The highest BCUT2D eigenvalue weighted by Gasteiger charge is 2.30. The average molecular weight is 451 g/mol. The van der Waals surface area contributed by atoms with Crippen molar-refractivity contribution < 1.29 is 22.5 Å². The number of rotatable bonds is 6. The predicted octanol–water partition coefficient (Wildman–Crippen LogP) is 5.78. The molecule has 1 aromatic heterocycles. The van der Waals surface area contributed by atoms with Gasteiger partial charge in [-0.3, -0.25) is 4.79 Å². The van der Waals surface area contributed by atoms with E-state index in [4.69, 9.17) is 4.52 Å². The van der Waals surface area contributed by atoms with E-state index in [1.165, 1.54) is 0 Å². The van der Waals surface area contributed by atoms with Crippen molar-refractivity contribution in [1.82, 2.24) is 15.5 Å². The minimum Gasteiger partial charge on any atom is -0.340 e. The Morgan fingerprint density at radius 3 is 2.27 bits per heavy atom. The molecule has 4 rings (SSSR count). The molecular weight excluding hydrogens is 431 g/mol. The first-order valence-corrected chi connectivity index (χ1v) is 10.2. The summed E-state index contributed by atoms with van der Waals surface area (Å²) in [6.07, 6.45) is -4.11. The second kappa shape index (κ2) is 9.28. The number of benzene rings is 3. The normalized spacial score (nSPS) is 12.4. The number of hydrogen-bond acceptors (Lipinski definition) is 4. The lowest BCUT2D eigenvalue weighted by atomic mass is 10.0. The summed E-state index contributed by atoms with van der Waals surface area (Å²) in [5.41, 5.74) is 2.06. The fraction of sp³-hybridized carbons (Fsp3) is 0.160. The molecule has 0 aliphatic carbocycles. The smallest absolute Gasteiger partial charge is 0.340 e. The zero-order chi connectivity index (χ0) is 23.4. The maximum atomic E-state index is 12.8. The zero-order valence-electron chi connectivity index (χ0n) is 17.6. The van der Waals surface area contributed by atoms with Crippen molar-refractivity contribution in [2.45, 2.75) is 25.6 Å². The number of hydrogen-bond donors (Lipinski definition) is 1. The molecule has 0 aliphatic heterocycles. The topological polar surface area (TPSA) is 68.0 Å². The summed E-state index contributed by atoms with van der Waals surface area (Å²) in [5.74, 6) is 0.0428. The van der Waals surface area contributed by atoms with E-state index in [0.717, 1.165) is 41.0 Å². The van der Waals surface area contributed by atoms with Gasteiger partial charge < -0.3 is 9.84 Å². The molecule has 1 atom stereocenters. The Kier molecular flexibility index (Phi) is 6.26. The maximum Gasteiger partial charge on any atom is 0.416 e. The molecule has 5 nitrogen and oxygen atoms in total. The van der Waals surface area contributed by atoms with E-state index in [-0.39, 0.29) is 11.5 Å². The third-order valence-corrected chi connectivity index (χ3v) is 5.11. The molecule has 0 radical (unpaired) electrons. The number of aryl methyl sites for hydroxylation is 1. The lowest BCUT2D eigenvalue weighted by molar-refractivity contribution is -0.137. The van der Waals surface area contributed by atoms with Crippen molar-refractivity contribution in [3.05, 3.63) is 107 Å². The SMILES string of the molecule is Cc1ccc(-c2noc(C(Cc3ccccc3)NC(=O)c3ccc(C(F)(F)F)cc3)n2)cc1. The van der Waals surface area contributed by atoms with Crippen LogP contribution >= 0.6 is 0 Å². The molecule has 168 valence electrons. The molecule has 0 fully saturated rings. The third-order valence-electron chi connectivity index (χ3n) is 5.11. The van der Waals surface area contributed by atoms with Crippen molar-refractivity contribution in [1.29, 1.82) is 0 Å². The van der Waals surface area contributed by atoms with Gasteiger partial charge in [-0.25, -0.2) is 0 Å². The van der Waals surface area contributed by atoms with Crippen LogP contribution in [0.5, 0.6) is 0 Å². The molecular formula is C25H20F3N3O2. The van der Waals surface area contributed by atoms with Crippen LogP contribution in [0.2, 0.25) is 0 Å². The Morgan fingerprint density at radius 1 is 0.970 bits per heavy atom. The molecule has 0 aliphatic rings. The van der Waals surface area contributed by atoms with Gasteiger partial charge in [-0.1, -0.05) is 65.3 Å². The first-order chi connectivity index (χ1) is 15.8. The zero-order valence-corrected chi connectivity index (χ0v) is 17.6. The monoisotopic (exact) mass is 451 g/mol. The quantitative estimate of drug-likeness (QED) is 0.404. The molecule has 1 heterocycles. The van der Waals surface area contributed by atoms with Crippen molar-refractivity contribution in [2.24, 2.45) is 0 Å². The number of nitrogens with one attached hydrogen (secondary N) is 1. The number of aromatic nitrogens is 2. The molecule has 33 heavy (non-hydrogen) atoms. The van der Waals surface area contributed by atoms with Crippen molar-refractivity contribution in [2.75, 3.05) is 0 Å². The molecule has 8 heteroatoms. The van der Waals surface area contributed by atoms with E-state index in [9.17, 15) is 18.0 Å². The number of alkyl halides is 3. The van der Waals surface area contributed by atoms with Gasteiger partial charge in [-0.05, 0) is 36.8 Å². The predicted molar refractivity (Wildman–Crippen MR) is 116 cm³/mol. The van der Waals surface area contributed by atoms with Gasteiger partial charge in [0.1, 0.15) is 6.04 Å². The van der Waals surface area contributed by atoms with Crippen LogP contribution in [0, 0.1) is 6.92 Å². The Labute approximate surface area is 188 Å². The molecule has 1 amide bonds. The molecule has 0 saturated heterocycles. The summed E-state index contributed by atoms with van der Waals surface area (Å²) in [6, 6.07) is 20.4. The highest BCUT2D eigenvalue weighted by Crippen LogP contribution is 2.29. The maximum absolute atomic E-state index is 12.8. The van der Waals surface area contributed by atoms with E-state index in [2.05, 4.69) is 15.5 Å². The molecule has 4 aromatic rings. The summed E-state index contributed by atoms with van der Waals surface area (Å²) < 4.78 is 44.0. The third kappa shape index (κ3) is 5.46. The van der Waals surface area contributed by atoms with Crippen LogP contribution in [-0.4, -0.2) is 16.0 Å². The Hall–Kier alpha value is -3.94. The second-order valence-electron chi connectivity index (χ2n) is 7.61. The van der Waals surface area contributed by atoms with Gasteiger partial charge in [-0.2, -0.15) is 18.2 Å². The van der Waals surface area contributed by atoms with Crippen LogP contribution in [0.3, 0.4) is 0 Å². The Morgan fingerprint density at radius 2 is 1.64 bits per heavy atom. The van der Waals surface area contributed by atoms with Crippen LogP contribution in [-0.2, 0) is 12.6 Å². The van der Waals surface area contributed by atoms with Crippen LogP contribution in [0.4, 0.5) is 13.2 Å². The largest absolute Gasteiger partial charge is 0.416 e. The van der Waals surface area contributed by atoms with Gasteiger partial charge in [0.25, 0.3) is 5.91 Å². The standard InChI is InChI=1S/C25H20F3N3O2/c1-16-7-9-18(10-8-16)22-30-24(33-31-22)21(15-17-5-3-2-4-6-17)29-23(32)19-11-13-20(14-12-19)25(26,27)28/h2-14,21H,15H2,1H3,(H,29,32). The first kappa shape index (κ1) is 22.3. The lowest BCUT2D eigenvalue weighted by Gasteiger charge is -2.16. The van der Waals surface area contributed by atoms with E-state index in [1.807, 2.05) is 61.5 Å². The molecule has 1 N–H and O–H groups in total. The van der Waals surface area contributed by atoms with Crippen LogP contribution in [0.15, 0.2) is 83.4 Å². The highest BCUT2D eigenvalue weighted by atomic mass is 19.4. The van der Waals surface area contributed by atoms with Gasteiger partial charge >= 0.3 is 6.18 Å². The van der Waals surface area contributed by atoms with Crippen molar-refractivity contribution in [3.8, 4) is 11.4 Å². The van der Waals surface area contributed by atoms with Gasteiger partial charge in [-0.15, -0.1) is 0 Å². The van der Waals surface area contributed by atoms with Crippen LogP contribution in [0.1, 0.15) is 39.0 Å². The number of carbonyl (C=O) groups excluding carboxylic acids is 1. The Bertz CT molecular complexity index is 1220. The number of carbonyl (C=O) groups is 1. The Balaban J connectivity index is 1.59. The van der Waals surface area contributed by atoms with Gasteiger partial charge in [0.15, 0.2) is 0 Å². The molecule has 1 unspecified atom stereocenters. The lowest BCUT2D eigenvalue weighted by Crippen LogP contribution is -2.30. The van der Waals surface area contributed by atoms with Crippen LogP contribution in [0.25, 0.3) is 11.4 Å². The fourth-order valence-corrected chi connectivity index (χ4v) is 3.30. The highest BCUT2D eigenvalue weighted by molar-refractivity contribution is 5.94. The minimum atomic E-state index is -4.47. The van der Waals surface area contributed by atoms with Crippen molar-refractivity contribution >= 4 is 5.91 Å². The van der Waals surface area contributed by atoms with Gasteiger partial charge in [0, 0.05) is 17.5 Å². The summed E-state index contributed by atoms with van der Waals surface area (Å²) in [6.45, 7) is 1.97.